The molecule has 0 fully saturated rings. The molecule has 1 atom stereocenters. The van der Waals surface area contributed by atoms with Gasteiger partial charge < -0.3 is 23.7 Å². The lowest BCUT2D eigenvalue weighted by Gasteiger charge is -2.30. The molecule has 3 rings (SSSR count). The Bertz CT molecular complexity index is 1050. The van der Waals surface area contributed by atoms with E-state index in [9.17, 15) is 8.42 Å². The van der Waals surface area contributed by atoms with Gasteiger partial charge in [0.25, 0.3) is 0 Å². The zero-order valence-corrected chi connectivity index (χ0v) is 19.2. The van der Waals surface area contributed by atoms with Gasteiger partial charge in [0.2, 0.25) is 10.0 Å². The molecule has 1 aliphatic rings. The number of sulfonamides is 1. The lowest BCUT2D eigenvalue weighted by atomic mass is 9.89. The molecule has 2 aromatic carbocycles. The maximum Gasteiger partial charge on any atom is 0.213 e. The first-order valence-corrected chi connectivity index (χ1v) is 11.9. The average Bonchev–Trinajstić information content (AvgIpc) is 2.75. The molecule has 2 aromatic rings. The van der Waals surface area contributed by atoms with Gasteiger partial charge in [-0.05, 0) is 23.3 Å². The van der Waals surface area contributed by atoms with Crippen LogP contribution in [0.2, 0.25) is 0 Å². The van der Waals surface area contributed by atoms with E-state index in [1.54, 1.807) is 32.4 Å². The molecule has 0 saturated carbocycles. The minimum absolute atomic E-state index is 0.253. The fourth-order valence-corrected chi connectivity index (χ4v) is 4.29. The lowest BCUT2D eigenvalue weighted by Crippen LogP contribution is -2.17. The Labute approximate surface area is 188 Å². The largest absolute Gasteiger partial charge is 0.492 e. The van der Waals surface area contributed by atoms with E-state index >= 15 is 0 Å². The second kappa shape index (κ2) is 10.8. The molecule has 9 heteroatoms. The highest BCUT2D eigenvalue weighted by Gasteiger charge is 2.30. The number of primary sulfonamides is 1. The monoisotopic (exact) mass is 463 g/mol. The van der Waals surface area contributed by atoms with Crippen molar-refractivity contribution in [2.24, 2.45) is 5.14 Å². The first-order valence-electron chi connectivity index (χ1n) is 10.2. The van der Waals surface area contributed by atoms with Crippen LogP contribution in [0.5, 0.6) is 17.2 Å². The summed E-state index contributed by atoms with van der Waals surface area (Å²) in [6, 6.07) is 9.08. The standard InChI is InChI=1S/C23H29NO7S/c1-4-5-19-18-14-16(15-32(24,25)26)6-7-17(18)22-20(31-19)8-9-21(23(22)28-3)30-13-12-29-11-10-27-2/h4,6-9,14,19H,1,5,10-13,15H2,2-3H3,(H2,24,25,26). The topological polar surface area (TPSA) is 106 Å². The van der Waals surface area contributed by atoms with Crippen LogP contribution < -0.4 is 19.3 Å². The SMILES string of the molecule is C=CCC1Oc2ccc(OCCOCCOC)c(OC)c2-c2ccc(CS(N)(=O)=O)cc21. The van der Waals surface area contributed by atoms with Gasteiger partial charge in [0.1, 0.15) is 18.5 Å². The molecule has 1 heterocycles. The first kappa shape index (κ1) is 24.1. The maximum atomic E-state index is 11.6. The summed E-state index contributed by atoms with van der Waals surface area (Å²) in [5.74, 6) is 1.50. The van der Waals surface area contributed by atoms with Crippen LogP contribution >= 0.6 is 0 Å². The van der Waals surface area contributed by atoms with Crippen molar-refractivity contribution in [1.82, 2.24) is 0 Å². The molecular formula is C23H29NO7S. The molecule has 2 N–H and O–H groups in total. The smallest absolute Gasteiger partial charge is 0.213 e. The summed E-state index contributed by atoms with van der Waals surface area (Å²) < 4.78 is 51.4. The van der Waals surface area contributed by atoms with Crippen LogP contribution in [0.3, 0.4) is 0 Å². The Kier molecular flexibility index (Phi) is 8.14. The lowest BCUT2D eigenvalue weighted by molar-refractivity contribution is 0.0540. The zero-order chi connectivity index (χ0) is 23.1. The number of hydrogen-bond acceptors (Lipinski definition) is 7. The highest BCUT2D eigenvalue weighted by atomic mass is 32.2. The second-order valence-corrected chi connectivity index (χ2v) is 8.90. The molecule has 0 amide bonds. The molecule has 0 radical (unpaired) electrons. The predicted molar refractivity (Wildman–Crippen MR) is 122 cm³/mol. The van der Waals surface area contributed by atoms with E-state index in [4.69, 9.17) is 28.8 Å². The highest BCUT2D eigenvalue weighted by molar-refractivity contribution is 7.88. The molecule has 1 unspecified atom stereocenters. The minimum Gasteiger partial charge on any atom is -0.492 e. The van der Waals surface area contributed by atoms with E-state index in [2.05, 4.69) is 6.58 Å². The fraction of sp³-hybridized carbons (Fsp3) is 0.391. The number of nitrogens with two attached hydrogens (primary N) is 1. The number of hydrogen-bond donors (Lipinski definition) is 1. The van der Waals surface area contributed by atoms with Crippen LogP contribution in [-0.2, 0) is 25.2 Å². The van der Waals surface area contributed by atoms with E-state index in [0.717, 1.165) is 16.7 Å². The van der Waals surface area contributed by atoms with E-state index in [0.29, 0.717) is 55.7 Å². The Balaban J connectivity index is 1.94. The fourth-order valence-electron chi connectivity index (χ4n) is 3.64. The molecular weight excluding hydrogens is 434 g/mol. The third kappa shape index (κ3) is 5.80. The summed E-state index contributed by atoms with van der Waals surface area (Å²) >= 11 is 0. The quantitative estimate of drug-likeness (QED) is 0.380. The molecule has 0 bridgehead atoms. The normalized spacial score (nSPS) is 14.8. The maximum absolute atomic E-state index is 11.6. The number of methoxy groups -OCH3 is 2. The van der Waals surface area contributed by atoms with Crippen molar-refractivity contribution in [2.45, 2.75) is 18.3 Å². The van der Waals surface area contributed by atoms with Crippen LogP contribution in [-0.4, -0.2) is 49.1 Å². The van der Waals surface area contributed by atoms with Crippen LogP contribution in [0.15, 0.2) is 43.0 Å². The first-order chi connectivity index (χ1) is 15.4. The van der Waals surface area contributed by atoms with Crippen LogP contribution in [0, 0.1) is 0 Å². The van der Waals surface area contributed by atoms with Crippen molar-refractivity contribution < 1.29 is 32.1 Å². The zero-order valence-electron chi connectivity index (χ0n) is 18.3. The van der Waals surface area contributed by atoms with Crippen molar-refractivity contribution in [1.29, 1.82) is 0 Å². The van der Waals surface area contributed by atoms with E-state index in [1.807, 2.05) is 18.2 Å². The summed E-state index contributed by atoms with van der Waals surface area (Å²) in [5, 5.41) is 5.23. The molecule has 1 aliphatic heterocycles. The second-order valence-electron chi connectivity index (χ2n) is 7.28. The number of ether oxygens (including phenoxy) is 5. The van der Waals surface area contributed by atoms with Crippen molar-refractivity contribution in [3.8, 4) is 28.4 Å². The Morgan fingerprint density at radius 1 is 1.12 bits per heavy atom. The number of fused-ring (bicyclic) bond motifs is 3. The molecule has 0 spiro atoms. The van der Waals surface area contributed by atoms with Gasteiger partial charge >= 0.3 is 0 Å². The van der Waals surface area contributed by atoms with Gasteiger partial charge in [0, 0.05) is 19.1 Å². The van der Waals surface area contributed by atoms with Crippen molar-refractivity contribution >= 4 is 10.0 Å². The van der Waals surface area contributed by atoms with E-state index in [1.165, 1.54) is 0 Å². The Morgan fingerprint density at radius 2 is 1.91 bits per heavy atom. The highest BCUT2D eigenvalue weighted by Crippen LogP contribution is 2.51. The predicted octanol–water partition coefficient (Wildman–Crippen LogP) is 3.20. The average molecular weight is 464 g/mol. The molecule has 174 valence electrons. The van der Waals surface area contributed by atoms with Crippen molar-refractivity contribution in [3.05, 3.63) is 54.1 Å². The van der Waals surface area contributed by atoms with Gasteiger partial charge in [-0.15, -0.1) is 6.58 Å². The van der Waals surface area contributed by atoms with Crippen LogP contribution in [0.4, 0.5) is 0 Å². The summed E-state index contributed by atoms with van der Waals surface area (Å²) in [4.78, 5) is 0. The van der Waals surface area contributed by atoms with Gasteiger partial charge in [0.05, 0.1) is 38.2 Å². The van der Waals surface area contributed by atoms with Gasteiger partial charge in [-0.3, -0.25) is 0 Å². The summed E-state index contributed by atoms with van der Waals surface area (Å²) in [6.45, 7) is 5.59. The molecule has 0 aromatic heterocycles. The summed E-state index contributed by atoms with van der Waals surface area (Å²) in [7, 11) is -0.466. The van der Waals surface area contributed by atoms with Crippen LogP contribution in [0.25, 0.3) is 11.1 Å². The minimum atomic E-state index is -3.66. The molecule has 0 aliphatic carbocycles. The van der Waals surface area contributed by atoms with Gasteiger partial charge in [-0.1, -0.05) is 24.3 Å². The van der Waals surface area contributed by atoms with E-state index < -0.39 is 10.0 Å². The number of rotatable bonds is 12. The van der Waals surface area contributed by atoms with Gasteiger partial charge in [-0.25, -0.2) is 13.6 Å². The molecule has 0 saturated heterocycles. The van der Waals surface area contributed by atoms with Crippen molar-refractivity contribution in [3.63, 3.8) is 0 Å². The van der Waals surface area contributed by atoms with Crippen molar-refractivity contribution in [2.75, 3.05) is 40.6 Å². The third-order valence-electron chi connectivity index (χ3n) is 4.95. The Morgan fingerprint density at radius 3 is 2.59 bits per heavy atom. The molecule has 8 nitrogen and oxygen atoms in total. The summed E-state index contributed by atoms with van der Waals surface area (Å²) in [6.07, 6.45) is 2.02. The third-order valence-corrected chi connectivity index (χ3v) is 5.69. The van der Waals surface area contributed by atoms with Gasteiger partial charge in [0.15, 0.2) is 11.5 Å². The van der Waals surface area contributed by atoms with Gasteiger partial charge in [-0.2, -0.15) is 0 Å². The summed E-state index contributed by atoms with van der Waals surface area (Å²) in [5.41, 5.74) is 3.07. The molecule has 32 heavy (non-hydrogen) atoms. The Hall–Kier alpha value is -2.59. The number of benzene rings is 2. The van der Waals surface area contributed by atoms with E-state index in [-0.39, 0.29) is 11.9 Å². The van der Waals surface area contributed by atoms with Crippen LogP contribution in [0.1, 0.15) is 23.7 Å².